The number of hydrogen-bond donors (Lipinski definition) is 0. The fraction of sp³-hybridized carbons (Fsp3) is 0.0714. The van der Waals surface area contributed by atoms with Gasteiger partial charge in [0, 0.05) is 5.56 Å². The van der Waals surface area contributed by atoms with Crippen molar-refractivity contribution in [3.05, 3.63) is 65.7 Å². The van der Waals surface area contributed by atoms with Crippen LogP contribution in [0.15, 0.2) is 59.8 Å². The Morgan fingerprint density at radius 2 is 1.53 bits per heavy atom. The van der Waals surface area contributed by atoms with Crippen molar-refractivity contribution in [2.45, 2.75) is 6.18 Å². The van der Waals surface area contributed by atoms with Crippen LogP contribution in [0.3, 0.4) is 0 Å². The van der Waals surface area contributed by atoms with E-state index in [-0.39, 0.29) is 5.56 Å². The van der Waals surface area contributed by atoms with Crippen molar-refractivity contribution in [1.29, 1.82) is 0 Å². The molecule has 0 saturated carbocycles. The predicted octanol–water partition coefficient (Wildman–Crippen LogP) is 4.12. The summed E-state index contributed by atoms with van der Waals surface area (Å²) in [6.07, 6.45) is -3.36. The molecule has 0 aliphatic carbocycles. The molecule has 98 valence electrons. The van der Waals surface area contributed by atoms with Crippen molar-refractivity contribution in [2.24, 2.45) is 5.16 Å². The summed E-state index contributed by atoms with van der Waals surface area (Å²) in [4.78, 5) is 4.98. The zero-order valence-corrected chi connectivity index (χ0v) is 9.76. The van der Waals surface area contributed by atoms with E-state index < -0.39 is 11.7 Å². The summed E-state index contributed by atoms with van der Waals surface area (Å²) in [7, 11) is 0. The molecule has 2 nitrogen and oxygen atoms in total. The summed E-state index contributed by atoms with van der Waals surface area (Å²) in [6, 6.07) is 13.8. The van der Waals surface area contributed by atoms with Crippen LogP contribution in [0.4, 0.5) is 13.2 Å². The number of rotatable bonds is 3. The van der Waals surface area contributed by atoms with E-state index in [9.17, 15) is 13.2 Å². The van der Waals surface area contributed by atoms with Gasteiger partial charge in [0.1, 0.15) is 0 Å². The maximum Gasteiger partial charge on any atom is 0.417 e. The van der Waals surface area contributed by atoms with E-state index in [1.165, 1.54) is 18.2 Å². The fourth-order valence-corrected chi connectivity index (χ4v) is 1.49. The molecule has 5 heteroatoms. The van der Waals surface area contributed by atoms with Gasteiger partial charge in [-0.15, -0.1) is 0 Å². The third-order valence-electron chi connectivity index (χ3n) is 2.36. The van der Waals surface area contributed by atoms with Crippen LogP contribution in [-0.2, 0) is 6.18 Å². The molecule has 0 fully saturated rings. The largest absolute Gasteiger partial charge is 0.417 e. The van der Waals surface area contributed by atoms with Gasteiger partial charge in [0.2, 0.25) is 0 Å². The summed E-state index contributed by atoms with van der Waals surface area (Å²) in [5.41, 5.74) is -0.777. The smallest absolute Gasteiger partial charge is 0.357 e. The molecule has 0 radical (unpaired) electrons. The number of halogens is 3. The summed E-state index contributed by atoms with van der Waals surface area (Å²) in [6.45, 7) is 0. The van der Waals surface area contributed by atoms with Gasteiger partial charge in [0.05, 0.1) is 11.8 Å². The molecule has 0 aliphatic rings. The molecule has 0 aliphatic heterocycles. The lowest BCUT2D eigenvalue weighted by Gasteiger charge is -2.08. The molecular weight excluding hydrogens is 255 g/mol. The number of nitrogens with zero attached hydrogens (tertiary/aromatic N) is 1. The summed E-state index contributed by atoms with van der Waals surface area (Å²) in [5.74, 6) is 0.461. The molecule has 0 unspecified atom stereocenters. The molecule has 2 aromatic rings. The first kappa shape index (κ1) is 13.1. The Labute approximate surface area is 108 Å². The van der Waals surface area contributed by atoms with E-state index in [1.807, 2.05) is 0 Å². The van der Waals surface area contributed by atoms with Crippen molar-refractivity contribution in [1.82, 2.24) is 0 Å². The van der Waals surface area contributed by atoms with Gasteiger partial charge in [-0.1, -0.05) is 41.6 Å². The lowest BCUT2D eigenvalue weighted by atomic mass is 10.1. The maximum absolute atomic E-state index is 12.7. The Bertz CT molecular complexity index is 564. The first-order valence-electron chi connectivity index (χ1n) is 5.49. The summed E-state index contributed by atoms with van der Waals surface area (Å²) < 4.78 is 38.1. The van der Waals surface area contributed by atoms with Crippen molar-refractivity contribution in [2.75, 3.05) is 0 Å². The van der Waals surface area contributed by atoms with Gasteiger partial charge in [-0.3, -0.25) is 0 Å². The van der Waals surface area contributed by atoms with Crippen molar-refractivity contribution >= 4 is 6.21 Å². The Morgan fingerprint density at radius 3 is 2.21 bits per heavy atom. The average molecular weight is 265 g/mol. The Balaban J connectivity index is 2.16. The van der Waals surface area contributed by atoms with Gasteiger partial charge in [-0.2, -0.15) is 13.2 Å². The van der Waals surface area contributed by atoms with Crippen LogP contribution in [0, 0.1) is 0 Å². The Morgan fingerprint density at radius 1 is 0.895 bits per heavy atom. The molecule has 2 aromatic carbocycles. The van der Waals surface area contributed by atoms with Gasteiger partial charge in [-0.25, -0.2) is 0 Å². The maximum atomic E-state index is 12.7. The van der Waals surface area contributed by atoms with Crippen LogP contribution in [0.2, 0.25) is 0 Å². The van der Waals surface area contributed by atoms with Gasteiger partial charge in [-0.05, 0) is 18.2 Å². The van der Waals surface area contributed by atoms with Crippen molar-refractivity contribution in [3.8, 4) is 5.75 Å². The second-order valence-corrected chi connectivity index (χ2v) is 3.72. The fourth-order valence-electron chi connectivity index (χ4n) is 1.49. The molecule has 0 heterocycles. The number of hydrogen-bond acceptors (Lipinski definition) is 2. The van der Waals surface area contributed by atoms with Gasteiger partial charge in [0.15, 0.2) is 5.75 Å². The number of para-hydroxylation sites is 1. The van der Waals surface area contributed by atoms with Crippen LogP contribution in [0.5, 0.6) is 5.75 Å². The van der Waals surface area contributed by atoms with Crippen LogP contribution in [0.1, 0.15) is 11.1 Å². The van der Waals surface area contributed by atoms with E-state index in [1.54, 1.807) is 30.3 Å². The summed E-state index contributed by atoms with van der Waals surface area (Å²) >= 11 is 0. The SMILES string of the molecule is FC(F)(F)c1ccccc1/C=N/Oc1ccccc1. The third kappa shape index (κ3) is 3.58. The number of oxime groups is 1. The van der Waals surface area contributed by atoms with E-state index in [0.29, 0.717) is 5.75 Å². The highest BCUT2D eigenvalue weighted by Gasteiger charge is 2.32. The van der Waals surface area contributed by atoms with Gasteiger partial charge in [0.25, 0.3) is 0 Å². The minimum absolute atomic E-state index is 0.0362. The minimum atomic E-state index is -4.41. The second-order valence-electron chi connectivity index (χ2n) is 3.72. The standard InChI is InChI=1S/C14H10F3NO/c15-14(16,17)13-9-5-4-6-11(13)10-18-19-12-7-2-1-3-8-12/h1-10H/b18-10+. The van der Waals surface area contributed by atoms with Crippen LogP contribution >= 0.6 is 0 Å². The molecule has 0 amide bonds. The quantitative estimate of drug-likeness (QED) is 0.604. The lowest BCUT2D eigenvalue weighted by Crippen LogP contribution is -2.08. The highest BCUT2D eigenvalue weighted by molar-refractivity contribution is 5.81. The third-order valence-corrected chi connectivity index (χ3v) is 2.36. The normalized spacial score (nSPS) is 11.7. The second kappa shape index (κ2) is 5.56. The van der Waals surface area contributed by atoms with E-state index in [0.717, 1.165) is 12.3 Å². The molecule has 19 heavy (non-hydrogen) atoms. The zero-order chi connectivity index (χ0) is 13.7. The highest BCUT2D eigenvalue weighted by Crippen LogP contribution is 2.31. The van der Waals surface area contributed by atoms with E-state index >= 15 is 0 Å². The van der Waals surface area contributed by atoms with Crippen molar-refractivity contribution in [3.63, 3.8) is 0 Å². The molecule has 2 rings (SSSR count). The topological polar surface area (TPSA) is 21.6 Å². The van der Waals surface area contributed by atoms with Gasteiger partial charge >= 0.3 is 6.18 Å². The van der Waals surface area contributed by atoms with E-state index in [2.05, 4.69) is 5.16 Å². The molecule has 0 saturated heterocycles. The first-order chi connectivity index (χ1) is 9.07. The molecule has 0 N–H and O–H groups in total. The van der Waals surface area contributed by atoms with E-state index in [4.69, 9.17) is 4.84 Å². The van der Waals surface area contributed by atoms with Crippen LogP contribution in [0.25, 0.3) is 0 Å². The monoisotopic (exact) mass is 265 g/mol. The number of benzene rings is 2. The number of alkyl halides is 3. The predicted molar refractivity (Wildman–Crippen MR) is 66.1 cm³/mol. The molecular formula is C14H10F3NO. The summed E-state index contributed by atoms with van der Waals surface area (Å²) in [5, 5.41) is 3.56. The minimum Gasteiger partial charge on any atom is -0.357 e. The molecule has 0 bridgehead atoms. The van der Waals surface area contributed by atoms with Gasteiger partial charge < -0.3 is 4.84 Å². The molecule has 0 spiro atoms. The Kier molecular flexibility index (Phi) is 3.85. The van der Waals surface area contributed by atoms with Crippen molar-refractivity contribution < 1.29 is 18.0 Å². The highest BCUT2D eigenvalue weighted by atomic mass is 19.4. The molecule has 0 atom stereocenters. The first-order valence-corrected chi connectivity index (χ1v) is 5.49. The Hall–Kier alpha value is -2.30. The lowest BCUT2D eigenvalue weighted by molar-refractivity contribution is -0.137. The van der Waals surface area contributed by atoms with Crippen LogP contribution < -0.4 is 4.84 Å². The molecule has 0 aromatic heterocycles. The zero-order valence-electron chi connectivity index (χ0n) is 9.76. The average Bonchev–Trinajstić information content (AvgIpc) is 2.39. The van der Waals surface area contributed by atoms with Crippen LogP contribution in [-0.4, -0.2) is 6.21 Å².